The number of nitro benzene ring substituents is 1. The molecule has 0 saturated carbocycles. The van der Waals surface area contributed by atoms with E-state index in [1.54, 1.807) is 12.1 Å². The van der Waals surface area contributed by atoms with Gasteiger partial charge in [0.1, 0.15) is 5.75 Å². The van der Waals surface area contributed by atoms with Gasteiger partial charge in [-0.1, -0.05) is 12.1 Å². The molecule has 0 bridgehead atoms. The molecular formula is C17H15F2N3O5. The maximum absolute atomic E-state index is 12.1. The zero-order chi connectivity index (χ0) is 19.8. The maximum Gasteiger partial charge on any atom is 0.387 e. The predicted molar refractivity (Wildman–Crippen MR) is 90.1 cm³/mol. The molecule has 0 aromatic heterocycles. The number of hydrazine groups is 1. The first-order valence-electron chi connectivity index (χ1n) is 7.72. The summed E-state index contributed by atoms with van der Waals surface area (Å²) in [5.41, 5.74) is 5.16. The molecule has 0 radical (unpaired) electrons. The standard InChI is InChI=1S/C17H15F2N3O5/c18-17(19)27-14-8-1-11(2-9-14)3-10-15(23)20-21-16(24)12-4-6-13(7-5-12)22(25)26/h1-2,4-9,17H,3,10H2,(H,20,23)(H,21,24). The highest BCUT2D eigenvalue weighted by molar-refractivity contribution is 5.95. The van der Waals surface area contributed by atoms with Crippen molar-refractivity contribution in [3.8, 4) is 5.75 Å². The fourth-order valence-electron chi connectivity index (χ4n) is 2.09. The van der Waals surface area contributed by atoms with Crippen molar-refractivity contribution in [1.29, 1.82) is 0 Å². The fraction of sp³-hybridized carbons (Fsp3) is 0.176. The van der Waals surface area contributed by atoms with Gasteiger partial charge < -0.3 is 4.74 Å². The molecule has 0 spiro atoms. The van der Waals surface area contributed by atoms with Crippen molar-refractivity contribution in [1.82, 2.24) is 10.9 Å². The first kappa shape index (κ1) is 19.8. The molecule has 10 heteroatoms. The van der Waals surface area contributed by atoms with Crippen LogP contribution in [0.2, 0.25) is 0 Å². The Balaban J connectivity index is 1.77. The number of hydrogen-bond acceptors (Lipinski definition) is 5. The second-order valence-corrected chi connectivity index (χ2v) is 5.33. The Kier molecular flexibility index (Phi) is 6.75. The van der Waals surface area contributed by atoms with Gasteiger partial charge >= 0.3 is 6.61 Å². The molecule has 0 aliphatic rings. The molecule has 0 aliphatic carbocycles. The molecule has 27 heavy (non-hydrogen) atoms. The molecule has 0 heterocycles. The summed E-state index contributed by atoms with van der Waals surface area (Å²) in [6.07, 6.45) is 0.379. The number of halogens is 2. The van der Waals surface area contributed by atoms with Crippen LogP contribution in [0.4, 0.5) is 14.5 Å². The van der Waals surface area contributed by atoms with Crippen LogP contribution in [-0.4, -0.2) is 23.3 Å². The summed E-state index contributed by atoms with van der Waals surface area (Å²) >= 11 is 0. The lowest BCUT2D eigenvalue weighted by Crippen LogP contribution is -2.41. The summed E-state index contributed by atoms with van der Waals surface area (Å²) in [4.78, 5) is 33.6. The van der Waals surface area contributed by atoms with Gasteiger partial charge in [0, 0.05) is 24.1 Å². The molecule has 0 atom stereocenters. The number of nitrogens with zero attached hydrogens (tertiary/aromatic N) is 1. The zero-order valence-corrected chi connectivity index (χ0v) is 13.9. The minimum Gasteiger partial charge on any atom is -0.435 e. The average molecular weight is 379 g/mol. The highest BCUT2D eigenvalue weighted by Crippen LogP contribution is 2.15. The van der Waals surface area contributed by atoms with E-state index in [0.717, 1.165) is 5.56 Å². The summed E-state index contributed by atoms with van der Waals surface area (Å²) < 4.78 is 28.4. The topological polar surface area (TPSA) is 111 Å². The van der Waals surface area contributed by atoms with Crippen molar-refractivity contribution in [3.05, 3.63) is 69.8 Å². The number of nitrogens with one attached hydrogen (secondary N) is 2. The Labute approximate surface area is 152 Å². The number of ether oxygens (including phenoxy) is 1. The van der Waals surface area contributed by atoms with Crippen molar-refractivity contribution in [2.24, 2.45) is 0 Å². The minimum absolute atomic E-state index is 0.0218. The van der Waals surface area contributed by atoms with Crippen LogP contribution in [0.3, 0.4) is 0 Å². The SMILES string of the molecule is O=C(CCc1ccc(OC(F)F)cc1)NNC(=O)c1ccc([N+](=O)[O-])cc1. The lowest BCUT2D eigenvalue weighted by molar-refractivity contribution is -0.384. The monoisotopic (exact) mass is 379 g/mol. The van der Waals surface area contributed by atoms with Crippen LogP contribution in [0.1, 0.15) is 22.3 Å². The van der Waals surface area contributed by atoms with Gasteiger partial charge in [0.2, 0.25) is 5.91 Å². The van der Waals surface area contributed by atoms with E-state index in [-0.39, 0.29) is 23.4 Å². The van der Waals surface area contributed by atoms with Crippen molar-refractivity contribution in [2.75, 3.05) is 0 Å². The summed E-state index contributed by atoms with van der Waals surface area (Å²) in [6.45, 7) is -2.90. The fourth-order valence-corrected chi connectivity index (χ4v) is 2.09. The lowest BCUT2D eigenvalue weighted by Gasteiger charge is -2.08. The number of non-ortho nitro benzene ring substituents is 1. The highest BCUT2D eigenvalue weighted by atomic mass is 19.3. The Morgan fingerprint density at radius 3 is 2.22 bits per heavy atom. The summed E-state index contributed by atoms with van der Waals surface area (Å²) in [5.74, 6) is -1.06. The van der Waals surface area contributed by atoms with Crippen LogP contribution in [0.15, 0.2) is 48.5 Å². The number of rotatable bonds is 7. The van der Waals surface area contributed by atoms with E-state index in [2.05, 4.69) is 15.6 Å². The Hall–Kier alpha value is -3.56. The molecule has 2 amide bonds. The summed E-state index contributed by atoms with van der Waals surface area (Å²) in [5, 5.41) is 10.6. The van der Waals surface area contributed by atoms with E-state index in [1.807, 2.05) is 0 Å². The van der Waals surface area contributed by atoms with E-state index in [9.17, 15) is 28.5 Å². The normalized spacial score (nSPS) is 10.3. The molecule has 2 aromatic rings. The maximum atomic E-state index is 12.1. The molecule has 8 nitrogen and oxygen atoms in total. The lowest BCUT2D eigenvalue weighted by atomic mass is 10.1. The van der Waals surface area contributed by atoms with E-state index in [0.29, 0.717) is 6.42 Å². The quantitative estimate of drug-likeness (QED) is 0.567. The van der Waals surface area contributed by atoms with Crippen molar-refractivity contribution in [3.63, 3.8) is 0 Å². The van der Waals surface area contributed by atoms with Gasteiger partial charge in [-0.15, -0.1) is 0 Å². The van der Waals surface area contributed by atoms with Gasteiger partial charge in [0.05, 0.1) is 4.92 Å². The third kappa shape index (κ3) is 6.34. The number of hydrogen-bond donors (Lipinski definition) is 2. The molecule has 0 aliphatic heterocycles. The molecule has 2 aromatic carbocycles. The van der Waals surface area contributed by atoms with Crippen LogP contribution in [0, 0.1) is 10.1 Å². The molecule has 2 rings (SSSR count). The van der Waals surface area contributed by atoms with Gasteiger partial charge in [-0.05, 0) is 36.2 Å². The molecule has 0 unspecified atom stereocenters. The smallest absolute Gasteiger partial charge is 0.387 e. The van der Waals surface area contributed by atoms with Crippen LogP contribution in [-0.2, 0) is 11.2 Å². The third-order valence-corrected chi connectivity index (χ3v) is 3.45. The Morgan fingerprint density at radius 1 is 1.04 bits per heavy atom. The van der Waals surface area contributed by atoms with E-state index in [1.165, 1.54) is 36.4 Å². The second kappa shape index (κ2) is 9.22. The van der Waals surface area contributed by atoms with Crippen LogP contribution >= 0.6 is 0 Å². The molecular weight excluding hydrogens is 364 g/mol. The predicted octanol–water partition coefficient (Wildman–Crippen LogP) is 2.59. The van der Waals surface area contributed by atoms with E-state index in [4.69, 9.17) is 0 Å². The second-order valence-electron chi connectivity index (χ2n) is 5.33. The molecule has 0 fully saturated rings. The van der Waals surface area contributed by atoms with Crippen LogP contribution < -0.4 is 15.6 Å². The number of amides is 2. The van der Waals surface area contributed by atoms with E-state index < -0.39 is 23.3 Å². The number of nitro groups is 1. The number of alkyl halides is 2. The number of carbonyl (C=O) groups is 2. The van der Waals surface area contributed by atoms with Crippen molar-refractivity contribution in [2.45, 2.75) is 19.5 Å². The minimum atomic E-state index is -2.90. The number of aryl methyl sites for hydroxylation is 1. The number of benzene rings is 2. The van der Waals surface area contributed by atoms with Gasteiger partial charge in [-0.3, -0.25) is 30.6 Å². The first-order chi connectivity index (χ1) is 12.8. The van der Waals surface area contributed by atoms with Gasteiger partial charge in [0.25, 0.3) is 11.6 Å². The van der Waals surface area contributed by atoms with Crippen molar-refractivity contribution < 1.29 is 28.0 Å². The first-order valence-corrected chi connectivity index (χ1v) is 7.72. The van der Waals surface area contributed by atoms with Crippen molar-refractivity contribution >= 4 is 17.5 Å². The number of carbonyl (C=O) groups excluding carboxylic acids is 2. The summed E-state index contributed by atoms with van der Waals surface area (Å²) in [7, 11) is 0. The Morgan fingerprint density at radius 2 is 1.67 bits per heavy atom. The Bertz CT molecular complexity index is 810. The van der Waals surface area contributed by atoms with Gasteiger partial charge in [0.15, 0.2) is 0 Å². The van der Waals surface area contributed by atoms with Gasteiger partial charge in [-0.2, -0.15) is 8.78 Å². The zero-order valence-electron chi connectivity index (χ0n) is 13.9. The molecule has 142 valence electrons. The van der Waals surface area contributed by atoms with Gasteiger partial charge in [-0.25, -0.2) is 0 Å². The largest absolute Gasteiger partial charge is 0.435 e. The summed E-state index contributed by atoms with van der Waals surface area (Å²) in [6, 6.07) is 10.7. The highest BCUT2D eigenvalue weighted by Gasteiger charge is 2.10. The third-order valence-electron chi connectivity index (χ3n) is 3.45. The molecule has 2 N–H and O–H groups in total. The van der Waals surface area contributed by atoms with Crippen LogP contribution in [0.25, 0.3) is 0 Å². The van der Waals surface area contributed by atoms with E-state index >= 15 is 0 Å². The average Bonchev–Trinajstić information content (AvgIpc) is 2.65. The molecule has 0 saturated heterocycles. The van der Waals surface area contributed by atoms with Crippen LogP contribution in [0.5, 0.6) is 5.75 Å².